The molecule has 56 valence electrons. The first-order valence-corrected chi connectivity index (χ1v) is 3.21. The molecule has 0 aromatic heterocycles. The molecule has 0 aliphatic rings. The van der Waals surface area contributed by atoms with Crippen LogP contribution in [0.4, 0.5) is 0 Å². The molecule has 0 aliphatic carbocycles. The number of nitrogens with one attached hydrogen (secondary N) is 1. The Hall–Kier alpha value is -0.120. The van der Waals surface area contributed by atoms with Crippen LogP contribution in [-0.4, -0.2) is 23.9 Å². The van der Waals surface area contributed by atoms with Gasteiger partial charge in [-0.25, -0.2) is 0 Å². The van der Waals surface area contributed by atoms with Gasteiger partial charge in [-0.3, -0.25) is 5.32 Å². The van der Waals surface area contributed by atoms with E-state index < -0.39 is 6.20 Å². The van der Waals surface area contributed by atoms with Gasteiger partial charge in [0.25, 0.3) is 0 Å². The number of hydrogen-bond donors (Lipinski definition) is 3. The Morgan fingerprint density at radius 1 is 1.89 bits per heavy atom. The Kier molecular flexibility index (Phi) is 3.68. The summed E-state index contributed by atoms with van der Waals surface area (Å²) < 4.78 is 7.16. The van der Waals surface area contributed by atoms with Crippen LogP contribution in [0.25, 0.3) is 0 Å². The zero-order valence-electron chi connectivity index (χ0n) is 7.02. The molecule has 2 atom stereocenters. The summed E-state index contributed by atoms with van der Waals surface area (Å²) in [5.74, 6) is 0. The normalized spacial score (nSPS) is 22.4. The van der Waals surface area contributed by atoms with Gasteiger partial charge in [0, 0.05) is 12.6 Å². The van der Waals surface area contributed by atoms with Gasteiger partial charge >= 0.3 is 0 Å². The van der Waals surface area contributed by atoms with Crippen LogP contribution >= 0.6 is 0 Å². The monoisotopic (exact) mass is 133 g/mol. The molecule has 4 N–H and O–H groups in total. The van der Waals surface area contributed by atoms with Gasteiger partial charge < -0.3 is 10.8 Å². The number of rotatable bonds is 4. The summed E-state index contributed by atoms with van der Waals surface area (Å²) in [7, 11) is 0. The van der Waals surface area contributed by atoms with Crippen LogP contribution in [0.5, 0.6) is 0 Å². The van der Waals surface area contributed by atoms with Crippen LogP contribution in [0.1, 0.15) is 21.6 Å². The fraction of sp³-hybridized carbons (Fsp3) is 1.00. The standard InChI is InChI=1S/C6H16N2O/c1-3-6(9)8-4-5(2)7/h5-6,8-9H,3-4,7H2,1-2H3/i6D. The molecule has 9 heavy (non-hydrogen) atoms. The van der Waals surface area contributed by atoms with E-state index in [2.05, 4.69) is 5.32 Å². The maximum Gasteiger partial charge on any atom is 0.104 e. The molecule has 0 saturated carbocycles. The Balaban J connectivity index is 3.46. The van der Waals surface area contributed by atoms with E-state index in [4.69, 9.17) is 12.2 Å². The molecule has 0 aromatic carbocycles. The third kappa shape index (κ3) is 5.76. The average Bonchev–Trinajstić information content (AvgIpc) is 1.85. The fourth-order valence-corrected chi connectivity index (χ4v) is 0.404. The molecular weight excluding hydrogens is 116 g/mol. The van der Waals surface area contributed by atoms with Crippen molar-refractivity contribution in [2.75, 3.05) is 6.54 Å². The number of hydrogen-bond acceptors (Lipinski definition) is 3. The maximum atomic E-state index is 9.07. The Morgan fingerprint density at radius 3 is 2.78 bits per heavy atom. The number of nitrogens with two attached hydrogens (primary N) is 1. The lowest BCUT2D eigenvalue weighted by Gasteiger charge is -2.11. The second-order valence-corrected chi connectivity index (χ2v) is 2.16. The molecule has 0 aromatic rings. The molecule has 0 spiro atoms. The van der Waals surface area contributed by atoms with Crippen molar-refractivity contribution in [2.45, 2.75) is 32.5 Å². The van der Waals surface area contributed by atoms with Gasteiger partial charge in [0.2, 0.25) is 0 Å². The van der Waals surface area contributed by atoms with Crippen molar-refractivity contribution in [1.82, 2.24) is 5.32 Å². The van der Waals surface area contributed by atoms with Gasteiger partial charge in [-0.2, -0.15) is 0 Å². The first-order chi connectivity index (χ1) is 4.48. The van der Waals surface area contributed by atoms with Gasteiger partial charge in [0.1, 0.15) is 6.20 Å². The summed E-state index contributed by atoms with van der Waals surface area (Å²) in [6.45, 7) is 4.02. The molecule has 0 aliphatic heterocycles. The fourth-order valence-electron chi connectivity index (χ4n) is 0.404. The zero-order valence-corrected chi connectivity index (χ0v) is 6.02. The molecule has 2 unspecified atom stereocenters. The van der Waals surface area contributed by atoms with E-state index in [-0.39, 0.29) is 6.04 Å². The lowest BCUT2D eigenvalue weighted by atomic mass is 10.3. The summed E-state index contributed by atoms with van der Waals surface area (Å²) in [5, 5.41) is 11.7. The zero-order chi connectivity index (χ0) is 8.20. The smallest absolute Gasteiger partial charge is 0.104 e. The molecule has 0 fully saturated rings. The van der Waals surface area contributed by atoms with Crippen molar-refractivity contribution in [3.63, 3.8) is 0 Å². The maximum absolute atomic E-state index is 9.07. The predicted octanol–water partition coefficient (Wildman–Crippen LogP) is -0.348. The van der Waals surface area contributed by atoms with Gasteiger partial charge in [0.15, 0.2) is 0 Å². The van der Waals surface area contributed by atoms with Crippen molar-refractivity contribution in [3.8, 4) is 0 Å². The largest absolute Gasteiger partial charge is 0.379 e. The van der Waals surface area contributed by atoms with E-state index >= 15 is 0 Å². The molecule has 0 saturated heterocycles. The molecule has 0 heterocycles. The predicted molar refractivity (Wildman–Crippen MR) is 37.9 cm³/mol. The third-order valence-electron chi connectivity index (χ3n) is 0.963. The second kappa shape index (κ2) is 4.73. The molecule has 0 radical (unpaired) electrons. The molecule has 0 rings (SSSR count). The van der Waals surface area contributed by atoms with Crippen molar-refractivity contribution < 1.29 is 6.48 Å². The number of aliphatic hydroxyl groups is 1. The summed E-state index contributed by atoms with van der Waals surface area (Å²) >= 11 is 0. The molecule has 3 heteroatoms. The lowest BCUT2D eigenvalue weighted by molar-refractivity contribution is 0.132. The van der Waals surface area contributed by atoms with Crippen LogP contribution in [0, 0.1) is 0 Å². The third-order valence-corrected chi connectivity index (χ3v) is 0.963. The Morgan fingerprint density at radius 2 is 2.44 bits per heavy atom. The molecule has 0 amide bonds. The SMILES string of the molecule is [2H]C(O)(CC)NCC(C)N. The topological polar surface area (TPSA) is 58.3 Å². The van der Waals surface area contributed by atoms with Gasteiger partial charge in [-0.05, 0) is 13.3 Å². The van der Waals surface area contributed by atoms with Crippen molar-refractivity contribution >= 4 is 0 Å². The average molecular weight is 133 g/mol. The van der Waals surface area contributed by atoms with Crippen molar-refractivity contribution in [2.24, 2.45) is 5.73 Å². The quantitative estimate of drug-likeness (QED) is 0.459. The second-order valence-electron chi connectivity index (χ2n) is 2.16. The minimum absolute atomic E-state index is 0.0246. The van der Waals surface area contributed by atoms with Gasteiger partial charge in [0.05, 0.1) is 1.37 Å². The van der Waals surface area contributed by atoms with E-state index in [9.17, 15) is 0 Å². The van der Waals surface area contributed by atoms with Crippen molar-refractivity contribution in [1.29, 1.82) is 0 Å². The minimum Gasteiger partial charge on any atom is -0.379 e. The van der Waals surface area contributed by atoms with Gasteiger partial charge in [-0.1, -0.05) is 6.92 Å². The van der Waals surface area contributed by atoms with Crippen LogP contribution < -0.4 is 11.1 Å². The summed E-state index contributed by atoms with van der Waals surface area (Å²) in [6, 6.07) is -0.0246. The van der Waals surface area contributed by atoms with Crippen LogP contribution in [0.15, 0.2) is 0 Å². The van der Waals surface area contributed by atoms with E-state index in [0.717, 1.165) is 0 Å². The molecule has 0 bridgehead atoms. The first kappa shape index (κ1) is 6.99. The lowest BCUT2D eigenvalue weighted by Crippen LogP contribution is -2.37. The van der Waals surface area contributed by atoms with Crippen LogP contribution in [0.2, 0.25) is 0 Å². The van der Waals surface area contributed by atoms with Crippen molar-refractivity contribution in [3.05, 3.63) is 0 Å². The minimum atomic E-state index is -1.51. The summed E-state index contributed by atoms with van der Waals surface area (Å²) in [5.41, 5.74) is 5.40. The Labute approximate surface area is 57.7 Å². The summed E-state index contributed by atoms with van der Waals surface area (Å²) in [4.78, 5) is 0. The van der Waals surface area contributed by atoms with Gasteiger partial charge in [-0.15, -0.1) is 0 Å². The molecule has 3 nitrogen and oxygen atoms in total. The first-order valence-electron chi connectivity index (χ1n) is 3.71. The van der Waals surface area contributed by atoms with E-state index in [1.54, 1.807) is 6.92 Å². The Bertz CT molecular complexity index is 95.7. The van der Waals surface area contributed by atoms with E-state index in [0.29, 0.717) is 13.0 Å². The van der Waals surface area contributed by atoms with E-state index in [1.807, 2.05) is 6.92 Å². The van der Waals surface area contributed by atoms with E-state index in [1.165, 1.54) is 0 Å². The van der Waals surface area contributed by atoms with Crippen LogP contribution in [-0.2, 0) is 0 Å². The summed E-state index contributed by atoms with van der Waals surface area (Å²) in [6.07, 6.45) is -1.15. The highest BCUT2D eigenvalue weighted by Gasteiger charge is 1.98. The highest BCUT2D eigenvalue weighted by molar-refractivity contribution is 4.58. The highest BCUT2D eigenvalue weighted by atomic mass is 16.3. The molecular formula is C6H16N2O. The highest BCUT2D eigenvalue weighted by Crippen LogP contribution is 1.82. The van der Waals surface area contributed by atoms with Crippen LogP contribution in [0.3, 0.4) is 0 Å².